The van der Waals surface area contributed by atoms with Gasteiger partial charge in [0, 0.05) is 11.1 Å². The van der Waals surface area contributed by atoms with Crippen LogP contribution in [0.4, 0.5) is 0 Å². The van der Waals surface area contributed by atoms with E-state index in [4.69, 9.17) is 13.9 Å². The van der Waals surface area contributed by atoms with Crippen molar-refractivity contribution in [3.8, 4) is 22.8 Å². The van der Waals surface area contributed by atoms with Gasteiger partial charge in [0.25, 0.3) is 0 Å². The summed E-state index contributed by atoms with van der Waals surface area (Å²) in [5.41, 5.74) is 2.04. The second-order valence-corrected chi connectivity index (χ2v) is 6.92. The van der Waals surface area contributed by atoms with Crippen LogP contribution in [0.25, 0.3) is 22.3 Å². The average molecular weight is 400 g/mol. The smallest absolute Gasteiger partial charge is 0.204 e. The molecule has 0 bridgehead atoms. The number of ketones is 1. The summed E-state index contributed by atoms with van der Waals surface area (Å²) in [6, 6.07) is 19.0. The van der Waals surface area contributed by atoms with Crippen LogP contribution in [0.5, 0.6) is 11.5 Å². The number of carbonyl (C=O) groups excluding carboxylic acids is 1. The van der Waals surface area contributed by atoms with E-state index >= 15 is 0 Å². The van der Waals surface area contributed by atoms with Gasteiger partial charge in [0.15, 0.2) is 0 Å². The van der Waals surface area contributed by atoms with Gasteiger partial charge in [0.1, 0.15) is 28.4 Å². The molecule has 0 atom stereocenters. The van der Waals surface area contributed by atoms with Crippen molar-refractivity contribution in [1.82, 2.24) is 0 Å². The topological polar surface area (TPSA) is 65.7 Å². The SMILES string of the molecule is COc1ccc(C(=O)c2c(-c3ccc(OC)cc3)oc3cc(C)ccc3c2=O)cc1. The molecule has 1 heterocycles. The van der Waals surface area contributed by atoms with Gasteiger partial charge in [0.2, 0.25) is 11.2 Å². The molecular weight excluding hydrogens is 380 g/mol. The van der Waals surface area contributed by atoms with Gasteiger partial charge in [-0.15, -0.1) is 0 Å². The van der Waals surface area contributed by atoms with Gasteiger partial charge in [-0.05, 0) is 73.2 Å². The average Bonchev–Trinajstić information content (AvgIpc) is 2.78. The molecule has 0 aliphatic rings. The lowest BCUT2D eigenvalue weighted by Crippen LogP contribution is -2.18. The van der Waals surface area contributed by atoms with Crippen molar-refractivity contribution in [2.24, 2.45) is 0 Å². The van der Waals surface area contributed by atoms with Crippen molar-refractivity contribution in [3.05, 3.63) is 93.6 Å². The Kier molecular flexibility index (Phi) is 5.11. The second kappa shape index (κ2) is 7.87. The Balaban J connectivity index is 1.97. The normalized spacial score (nSPS) is 10.8. The quantitative estimate of drug-likeness (QED) is 0.440. The summed E-state index contributed by atoms with van der Waals surface area (Å²) in [7, 11) is 3.13. The number of fused-ring (bicyclic) bond motifs is 1. The van der Waals surface area contributed by atoms with E-state index in [0.717, 1.165) is 5.56 Å². The molecule has 0 aliphatic heterocycles. The fourth-order valence-electron chi connectivity index (χ4n) is 3.34. The molecule has 0 saturated carbocycles. The first-order chi connectivity index (χ1) is 14.5. The van der Waals surface area contributed by atoms with E-state index in [9.17, 15) is 9.59 Å². The largest absolute Gasteiger partial charge is 0.497 e. The first-order valence-electron chi connectivity index (χ1n) is 9.42. The number of aryl methyl sites for hydroxylation is 1. The van der Waals surface area contributed by atoms with Crippen LogP contribution in [-0.4, -0.2) is 20.0 Å². The summed E-state index contributed by atoms with van der Waals surface area (Å²) in [5.74, 6) is 1.13. The lowest BCUT2D eigenvalue weighted by Gasteiger charge is -2.11. The van der Waals surface area contributed by atoms with Gasteiger partial charge in [-0.1, -0.05) is 6.07 Å². The van der Waals surface area contributed by atoms with E-state index < -0.39 is 5.78 Å². The fourth-order valence-corrected chi connectivity index (χ4v) is 3.34. The van der Waals surface area contributed by atoms with Crippen molar-refractivity contribution in [2.75, 3.05) is 14.2 Å². The first-order valence-corrected chi connectivity index (χ1v) is 9.42. The summed E-state index contributed by atoms with van der Waals surface area (Å²) < 4.78 is 16.5. The molecule has 0 amide bonds. The van der Waals surface area contributed by atoms with E-state index in [0.29, 0.717) is 33.6 Å². The third-order valence-electron chi connectivity index (χ3n) is 4.98. The van der Waals surface area contributed by atoms with E-state index in [1.807, 2.05) is 13.0 Å². The van der Waals surface area contributed by atoms with E-state index in [-0.39, 0.29) is 16.8 Å². The monoisotopic (exact) mass is 400 g/mol. The minimum Gasteiger partial charge on any atom is -0.497 e. The van der Waals surface area contributed by atoms with Crippen LogP contribution in [0.3, 0.4) is 0 Å². The van der Waals surface area contributed by atoms with Gasteiger partial charge in [-0.25, -0.2) is 0 Å². The maximum absolute atomic E-state index is 13.4. The molecule has 30 heavy (non-hydrogen) atoms. The van der Waals surface area contributed by atoms with Crippen LogP contribution in [0.1, 0.15) is 21.5 Å². The highest BCUT2D eigenvalue weighted by atomic mass is 16.5. The number of rotatable bonds is 5. The lowest BCUT2D eigenvalue weighted by molar-refractivity contribution is 0.103. The van der Waals surface area contributed by atoms with Crippen LogP contribution < -0.4 is 14.9 Å². The molecule has 4 rings (SSSR count). The molecule has 5 heteroatoms. The molecule has 1 aromatic heterocycles. The van der Waals surface area contributed by atoms with E-state index in [1.54, 1.807) is 74.9 Å². The third kappa shape index (κ3) is 3.46. The standard InChI is InChI=1S/C25H20O5/c1-15-4-13-20-21(14-15)30-25(17-7-11-19(29-3)12-8-17)22(24(20)27)23(26)16-5-9-18(28-2)10-6-16/h4-14H,1-3H3. The van der Waals surface area contributed by atoms with Crippen molar-refractivity contribution >= 4 is 16.8 Å². The van der Waals surface area contributed by atoms with Crippen molar-refractivity contribution in [2.45, 2.75) is 6.92 Å². The molecule has 150 valence electrons. The number of hydrogen-bond donors (Lipinski definition) is 0. The van der Waals surface area contributed by atoms with E-state index in [2.05, 4.69) is 0 Å². The zero-order valence-electron chi connectivity index (χ0n) is 16.9. The Morgan fingerprint density at radius 1 is 0.833 bits per heavy atom. The first kappa shape index (κ1) is 19.5. The maximum atomic E-state index is 13.4. The molecule has 0 unspecified atom stereocenters. The Labute approximate surface area is 173 Å². The number of methoxy groups -OCH3 is 2. The number of hydrogen-bond acceptors (Lipinski definition) is 5. The van der Waals surface area contributed by atoms with E-state index in [1.165, 1.54) is 0 Å². The maximum Gasteiger partial charge on any atom is 0.204 e. The van der Waals surface area contributed by atoms with Crippen LogP contribution in [-0.2, 0) is 0 Å². The minimum atomic E-state index is -0.403. The molecule has 4 aromatic rings. The van der Waals surface area contributed by atoms with Gasteiger partial charge in [-0.2, -0.15) is 0 Å². The zero-order chi connectivity index (χ0) is 21.3. The van der Waals surface area contributed by atoms with Crippen LogP contribution in [0.15, 0.2) is 75.9 Å². The highest BCUT2D eigenvalue weighted by Crippen LogP contribution is 2.29. The molecule has 0 radical (unpaired) electrons. The highest BCUT2D eigenvalue weighted by molar-refractivity contribution is 6.13. The molecule has 0 saturated heterocycles. The van der Waals surface area contributed by atoms with Crippen LogP contribution in [0.2, 0.25) is 0 Å². The summed E-state index contributed by atoms with van der Waals surface area (Å²) in [4.78, 5) is 26.7. The summed E-state index contributed by atoms with van der Waals surface area (Å²) in [5, 5.41) is 0.370. The predicted octanol–water partition coefficient (Wildman–Crippen LogP) is 5.02. The molecule has 0 aliphatic carbocycles. The summed E-state index contributed by atoms with van der Waals surface area (Å²) in [6.45, 7) is 1.92. The predicted molar refractivity (Wildman–Crippen MR) is 116 cm³/mol. The van der Waals surface area contributed by atoms with Crippen molar-refractivity contribution < 1.29 is 18.7 Å². The third-order valence-corrected chi connectivity index (χ3v) is 4.98. The number of benzene rings is 3. The Morgan fingerprint density at radius 2 is 1.43 bits per heavy atom. The number of ether oxygens (including phenoxy) is 2. The zero-order valence-corrected chi connectivity index (χ0v) is 16.9. The summed E-state index contributed by atoms with van der Waals surface area (Å²) in [6.07, 6.45) is 0. The van der Waals surface area contributed by atoms with Crippen molar-refractivity contribution in [3.63, 3.8) is 0 Å². The Bertz CT molecular complexity index is 1280. The minimum absolute atomic E-state index is 0.00156. The van der Waals surface area contributed by atoms with Gasteiger partial charge < -0.3 is 13.9 Å². The van der Waals surface area contributed by atoms with Gasteiger partial charge >= 0.3 is 0 Å². The van der Waals surface area contributed by atoms with Crippen LogP contribution in [0, 0.1) is 6.92 Å². The fraction of sp³-hybridized carbons (Fsp3) is 0.120. The Morgan fingerprint density at radius 3 is 2.03 bits per heavy atom. The number of carbonyl (C=O) groups is 1. The second-order valence-electron chi connectivity index (χ2n) is 6.92. The van der Waals surface area contributed by atoms with Crippen LogP contribution >= 0.6 is 0 Å². The molecular formula is C25H20O5. The molecule has 0 fully saturated rings. The molecule has 5 nitrogen and oxygen atoms in total. The lowest BCUT2D eigenvalue weighted by atomic mass is 9.97. The van der Waals surface area contributed by atoms with Gasteiger partial charge in [-0.3, -0.25) is 9.59 Å². The molecule has 0 spiro atoms. The van der Waals surface area contributed by atoms with Crippen molar-refractivity contribution in [1.29, 1.82) is 0 Å². The highest BCUT2D eigenvalue weighted by Gasteiger charge is 2.23. The Hall–Kier alpha value is -3.86. The molecule has 3 aromatic carbocycles. The summed E-state index contributed by atoms with van der Waals surface area (Å²) >= 11 is 0. The van der Waals surface area contributed by atoms with Gasteiger partial charge in [0.05, 0.1) is 19.6 Å². The molecule has 0 N–H and O–H groups in total.